The van der Waals surface area contributed by atoms with E-state index in [-0.39, 0.29) is 18.0 Å². The predicted octanol–water partition coefficient (Wildman–Crippen LogP) is 5.76. The number of nitro groups is 1. The number of non-ortho nitro benzene ring substituents is 1. The average Bonchev–Trinajstić information content (AvgIpc) is 3.45. The molecular weight excluding hydrogens is 450 g/mol. The Morgan fingerprint density at radius 3 is 2.56 bits per heavy atom. The Hall–Kier alpha value is -3.49. The molecule has 2 N–H and O–H groups in total. The van der Waals surface area contributed by atoms with E-state index in [4.69, 9.17) is 21.8 Å². The molecule has 0 aliphatic heterocycles. The summed E-state index contributed by atoms with van der Waals surface area (Å²) in [6.07, 6.45) is 1.54. The lowest BCUT2D eigenvalue weighted by Gasteiger charge is -2.26. The molecule has 2 aromatic carbocycles. The Labute approximate surface area is 192 Å². The lowest BCUT2D eigenvalue weighted by Crippen LogP contribution is -2.21. The first-order valence-corrected chi connectivity index (χ1v) is 11.0. The minimum absolute atomic E-state index is 0.00454. The van der Waals surface area contributed by atoms with Crippen LogP contribution in [-0.2, 0) is 4.79 Å². The fraction of sp³-hybridized carbons (Fsp3) is 0.130. The highest BCUT2D eigenvalue weighted by Gasteiger charge is 2.31. The molecule has 0 aliphatic carbocycles. The molecule has 162 valence electrons. The second-order valence-electron chi connectivity index (χ2n) is 7.21. The van der Waals surface area contributed by atoms with E-state index in [9.17, 15) is 14.9 Å². The molecule has 2 aromatic heterocycles. The van der Waals surface area contributed by atoms with Gasteiger partial charge in [-0.05, 0) is 34.7 Å². The normalized spacial score (nSPS) is 12.9. The molecule has 0 fully saturated rings. The summed E-state index contributed by atoms with van der Waals surface area (Å²) in [7, 11) is 0. The van der Waals surface area contributed by atoms with Crippen LogP contribution in [0.15, 0.2) is 76.7 Å². The van der Waals surface area contributed by atoms with Crippen molar-refractivity contribution in [2.45, 2.75) is 18.3 Å². The van der Waals surface area contributed by atoms with Gasteiger partial charge in [0.2, 0.25) is 11.8 Å². The van der Waals surface area contributed by atoms with Crippen LogP contribution in [0.2, 0.25) is 5.02 Å². The number of hydrogen-bond acceptors (Lipinski definition) is 6. The highest BCUT2D eigenvalue weighted by molar-refractivity contribution is 7.13. The summed E-state index contributed by atoms with van der Waals surface area (Å²) in [5, 5.41) is 13.6. The zero-order valence-corrected chi connectivity index (χ0v) is 18.3. The summed E-state index contributed by atoms with van der Waals surface area (Å²) in [5.41, 5.74) is 7.75. The Kier molecular flexibility index (Phi) is 6.34. The van der Waals surface area contributed by atoms with E-state index in [1.54, 1.807) is 18.2 Å². The number of nitrogens with zero attached hydrogens (tertiary/aromatic N) is 2. The monoisotopic (exact) mass is 467 g/mol. The van der Waals surface area contributed by atoms with Gasteiger partial charge in [0.05, 0.1) is 15.5 Å². The summed E-state index contributed by atoms with van der Waals surface area (Å²) in [6, 6.07) is 17.3. The minimum Gasteiger partial charge on any atom is -0.444 e. The van der Waals surface area contributed by atoms with Crippen LogP contribution in [0.25, 0.3) is 10.8 Å². The fourth-order valence-electron chi connectivity index (χ4n) is 3.74. The summed E-state index contributed by atoms with van der Waals surface area (Å²) in [4.78, 5) is 28.2. The molecular formula is C23H18ClN3O4S. The quantitative estimate of drug-likeness (QED) is 0.261. The van der Waals surface area contributed by atoms with Crippen molar-refractivity contribution in [2.75, 3.05) is 0 Å². The molecule has 0 spiro atoms. The van der Waals surface area contributed by atoms with Crippen molar-refractivity contribution in [2.24, 2.45) is 5.73 Å². The highest BCUT2D eigenvalue weighted by Crippen LogP contribution is 2.42. The Bertz CT molecular complexity index is 1240. The average molecular weight is 468 g/mol. The molecule has 4 aromatic rings. The van der Waals surface area contributed by atoms with Gasteiger partial charge < -0.3 is 10.2 Å². The summed E-state index contributed by atoms with van der Waals surface area (Å²) < 4.78 is 5.70. The SMILES string of the molecule is NC(=O)CC(c1coc(-c2cccs2)n1)C(c1ccc([N+](=O)[O-])cc1)c1cccc(Cl)c1. The zero-order chi connectivity index (χ0) is 22.7. The number of aromatic nitrogens is 1. The van der Waals surface area contributed by atoms with Crippen molar-refractivity contribution in [1.29, 1.82) is 0 Å². The van der Waals surface area contributed by atoms with Gasteiger partial charge in [-0.25, -0.2) is 4.98 Å². The molecule has 2 atom stereocenters. The number of halogens is 1. The van der Waals surface area contributed by atoms with Crippen LogP contribution < -0.4 is 5.73 Å². The third kappa shape index (κ3) is 4.71. The standard InChI is InChI=1S/C23H18ClN3O4S/c24-16-4-1-3-15(11-16)22(14-6-8-17(9-7-14)27(29)30)18(12-21(25)28)19-13-31-23(26-19)20-5-2-10-32-20/h1-11,13,18,22H,12H2,(H2,25,28). The van der Waals surface area contributed by atoms with E-state index >= 15 is 0 Å². The number of oxazole rings is 1. The fourth-order valence-corrected chi connectivity index (χ4v) is 4.59. The summed E-state index contributed by atoms with van der Waals surface area (Å²) in [6.45, 7) is 0. The van der Waals surface area contributed by atoms with Crippen molar-refractivity contribution in [3.63, 3.8) is 0 Å². The van der Waals surface area contributed by atoms with Crippen LogP contribution in [0, 0.1) is 10.1 Å². The second kappa shape index (κ2) is 9.33. The molecule has 0 saturated carbocycles. The third-order valence-electron chi connectivity index (χ3n) is 5.13. The molecule has 0 saturated heterocycles. The van der Waals surface area contributed by atoms with Gasteiger partial charge in [-0.15, -0.1) is 11.3 Å². The Balaban J connectivity index is 1.83. The number of amides is 1. The molecule has 0 radical (unpaired) electrons. The first-order chi connectivity index (χ1) is 15.4. The smallest absolute Gasteiger partial charge is 0.269 e. The summed E-state index contributed by atoms with van der Waals surface area (Å²) >= 11 is 7.75. The lowest BCUT2D eigenvalue weighted by molar-refractivity contribution is -0.384. The molecule has 2 heterocycles. The van der Waals surface area contributed by atoms with Crippen LogP contribution in [0.4, 0.5) is 5.69 Å². The molecule has 0 bridgehead atoms. The second-order valence-corrected chi connectivity index (χ2v) is 8.60. The number of rotatable bonds is 8. The third-order valence-corrected chi connectivity index (χ3v) is 6.22. The number of carbonyl (C=O) groups excluding carboxylic acids is 1. The van der Waals surface area contributed by atoms with Gasteiger partial charge in [0.25, 0.3) is 5.69 Å². The number of primary amides is 1. The molecule has 9 heteroatoms. The number of nitro benzene ring substituents is 1. The minimum atomic E-state index is -0.496. The van der Waals surface area contributed by atoms with Crippen molar-refractivity contribution in [1.82, 2.24) is 4.98 Å². The highest BCUT2D eigenvalue weighted by atomic mass is 35.5. The van der Waals surface area contributed by atoms with Crippen LogP contribution in [0.3, 0.4) is 0 Å². The Morgan fingerprint density at radius 2 is 1.94 bits per heavy atom. The topological polar surface area (TPSA) is 112 Å². The van der Waals surface area contributed by atoms with Gasteiger partial charge in [-0.1, -0.05) is 41.9 Å². The van der Waals surface area contributed by atoms with Crippen molar-refractivity contribution < 1.29 is 14.1 Å². The number of benzene rings is 2. The molecule has 2 unspecified atom stereocenters. The van der Waals surface area contributed by atoms with E-state index in [0.29, 0.717) is 16.6 Å². The van der Waals surface area contributed by atoms with E-state index in [2.05, 4.69) is 4.98 Å². The molecule has 0 aliphatic rings. The van der Waals surface area contributed by atoms with Crippen LogP contribution in [0.1, 0.15) is 35.1 Å². The van der Waals surface area contributed by atoms with Crippen LogP contribution in [-0.4, -0.2) is 15.8 Å². The number of carbonyl (C=O) groups is 1. The number of nitrogens with two attached hydrogens (primary N) is 1. The van der Waals surface area contributed by atoms with Crippen molar-refractivity contribution in [3.05, 3.63) is 104 Å². The van der Waals surface area contributed by atoms with Crippen LogP contribution in [0.5, 0.6) is 0 Å². The number of thiophene rings is 1. The van der Waals surface area contributed by atoms with Gasteiger partial charge in [0.1, 0.15) is 6.26 Å². The van der Waals surface area contributed by atoms with Gasteiger partial charge in [0, 0.05) is 35.4 Å². The largest absolute Gasteiger partial charge is 0.444 e. The maximum atomic E-state index is 12.0. The van der Waals surface area contributed by atoms with Crippen LogP contribution >= 0.6 is 22.9 Å². The predicted molar refractivity (Wildman–Crippen MR) is 123 cm³/mol. The van der Waals surface area contributed by atoms with Gasteiger partial charge in [-0.2, -0.15) is 0 Å². The Morgan fingerprint density at radius 1 is 1.16 bits per heavy atom. The first kappa shape index (κ1) is 21.7. The lowest BCUT2D eigenvalue weighted by atomic mass is 9.77. The molecule has 7 nitrogen and oxygen atoms in total. The van der Waals surface area contributed by atoms with Crippen molar-refractivity contribution in [3.8, 4) is 10.8 Å². The van der Waals surface area contributed by atoms with Gasteiger partial charge >= 0.3 is 0 Å². The van der Waals surface area contributed by atoms with E-state index in [0.717, 1.165) is 16.0 Å². The van der Waals surface area contributed by atoms with Gasteiger partial charge in [-0.3, -0.25) is 14.9 Å². The summed E-state index contributed by atoms with van der Waals surface area (Å²) in [5.74, 6) is -0.893. The van der Waals surface area contributed by atoms with Crippen molar-refractivity contribution >= 4 is 34.5 Å². The first-order valence-electron chi connectivity index (χ1n) is 9.70. The van der Waals surface area contributed by atoms with Gasteiger partial charge in [0.15, 0.2) is 0 Å². The zero-order valence-electron chi connectivity index (χ0n) is 16.7. The molecule has 1 amide bonds. The van der Waals surface area contributed by atoms with E-state index < -0.39 is 16.7 Å². The van der Waals surface area contributed by atoms with E-state index in [1.807, 2.05) is 35.7 Å². The maximum Gasteiger partial charge on any atom is 0.269 e. The van der Waals surface area contributed by atoms with E-state index in [1.165, 1.54) is 29.7 Å². The number of hydrogen-bond donors (Lipinski definition) is 1. The molecule has 32 heavy (non-hydrogen) atoms. The maximum absolute atomic E-state index is 12.0. The molecule has 4 rings (SSSR count).